The van der Waals surface area contributed by atoms with E-state index >= 15 is 0 Å². The van der Waals surface area contributed by atoms with E-state index < -0.39 is 24.0 Å². The zero-order valence-corrected chi connectivity index (χ0v) is 17.2. The summed E-state index contributed by atoms with van der Waals surface area (Å²) < 4.78 is 16.7. The number of nitrogens with zero attached hydrogens (tertiary/aromatic N) is 2. The van der Waals surface area contributed by atoms with E-state index in [1.165, 1.54) is 21.3 Å². The predicted molar refractivity (Wildman–Crippen MR) is 112 cm³/mol. The summed E-state index contributed by atoms with van der Waals surface area (Å²) in [5.74, 6) is -0.567. The number of aliphatic carboxylic acids is 1. The fourth-order valence-corrected chi connectivity index (χ4v) is 3.18. The molecule has 1 heterocycles. The van der Waals surface area contributed by atoms with E-state index in [0.717, 1.165) is 4.68 Å². The minimum atomic E-state index is -1.09. The molecular formula is C21H21N3O7. The molecule has 1 amide bonds. The standard InChI is InChI=1S/C21H21N3O7/c1-29-16-8-12(9-17(30-2)20(16)31-3)22-18(25)11-24-21(28)14-7-5-4-6-13(14)15(23-24)10-19(26)27/h4-9H,10-11H2,1-3H3,(H,22,25)(H,26,27). The minimum absolute atomic E-state index is 0.197. The smallest absolute Gasteiger partial charge is 0.309 e. The summed E-state index contributed by atoms with van der Waals surface area (Å²) in [6.45, 7) is -0.410. The van der Waals surface area contributed by atoms with Gasteiger partial charge in [0.2, 0.25) is 11.7 Å². The number of carbonyl (C=O) groups is 2. The molecule has 0 aliphatic heterocycles. The van der Waals surface area contributed by atoms with E-state index in [4.69, 9.17) is 19.3 Å². The number of ether oxygens (including phenoxy) is 3. The molecule has 0 aliphatic rings. The average molecular weight is 427 g/mol. The molecule has 0 aliphatic carbocycles. The van der Waals surface area contributed by atoms with E-state index in [9.17, 15) is 14.4 Å². The third-order valence-corrected chi connectivity index (χ3v) is 4.50. The molecule has 0 saturated carbocycles. The Morgan fingerprint density at radius 3 is 2.19 bits per heavy atom. The summed E-state index contributed by atoms with van der Waals surface area (Å²) in [5.41, 5.74) is 0.0622. The Morgan fingerprint density at radius 2 is 1.65 bits per heavy atom. The van der Waals surface area contributed by atoms with Crippen LogP contribution < -0.4 is 25.1 Å². The van der Waals surface area contributed by atoms with Gasteiger partial charge in [-0.1, -0.05) is 18.2 Å². The lowest BCUT2D eigenvalue weighted by molar-refractivity contribution is -0.136. The van der Waals surface area contributed by atoms with Crippen LogP contribution in [0, 0.1) is 0 Å². The van der Waals surface area contributed by atoms with Gasteiger partial charge in [0.15, 0.2) is 11.5 Å². The highest BCUT2D eigenvalue weighted by molar-refractivity contribution is 5.92. The Bertz CT molecular complexity index is 1180. The van der Waals surface area contributed by atoms with E-state index in [0.29, 0.717) is 28.3 Å². The number of aromatic nitrogens is 2. The molecule has 162 valence electrons. The van der Waals surface area contributed by atoms with Crippen molar-refractivity contribution in [2.24, 2.45) is 0 Å². The number of carboxylic acids is 1. The number of amides is 1. The molecule has 2 aromatic carbocycles. The van der Waals surface area contributed by atoms with Crippen LogP contribution in [0.15, 0.2) is 41.2 Å². The van der Waals surface area contributed by atoms with Gasteiger partial charge in [0, 0.05) is 23.2 Å². The first-order valence-corrected chi connectivity index (χ1v) is 9.18. The quantitative estimate of drug-likeness (QED) is 0.556. The molecule has 1 aromatic heterocycles. The van der Waals surface area contributed by atoms with Crippen LogP contribution in [-0.2, 0) is 22.6 Å². The zero-order chi connectivity index (χ0) is 22.5. The van der Waals surface area contributed by atoms with Crippen molar-refractivity contribution >= 4 is 28.3 Å². The molecule has 0 unspecified atom stereocenters. The zero-order valence-electron chi connectivity index (χ0n) is 17.2. The molecule has 0 bridgehead atoms. The van der Waals surface area contributed by atoms with E-state index in [1.807, 2.05) is 0 Å². The molecular weight excluding hydrogens is 406 g/mol. The van der Waals surface area contributed by atoms with Crippen LogP contribution >= 0.6 is 0 Å². The third-order valence-electron chi connectivity index (χ3n) is 4.50. The van der Waals surface area contributed by atoms with Gasteiger partial charge in [0.1, 0.15) is 6.54 Å². The van der Waals surface area contributed by atoms with Crippen molar-refractivity contribution in [3.05, 3.63) is 52.4 Å². The molecule has 3 aromatic rings. The number of nitrogens with one attached hydrogen (secondary N) is 1. The second-order valence-corrected chi connectivity index (χ2v) is 6.49. The lowest BCUT2D eigenvalue weighted by Gasteiger charge is -2.15. The predicted octanol–water partition coefficient (Wildman–Crippen LogP) is 1.69. The van der Waals surface area contributed by atoms with E-state index in [2.05, 4.69) is 10.4 Å². The Kier molecular flexibility index (Phi) is 6.39. The van der Waals surface area contributed by atoms with Gasteiger partial charge in [-0.3, -0.25) is 14.4 Å². The van der Waals surface area contributed by atoms with Gasteiger partial charge in [-0.2, -0.15) is 5.10 Å². The number of fused-ring (bicyclic) bond motifs is 1. The minimum Gasteiger partial charge on any atom is -0.493 e. The van der Waals surface area contributed by atoms with Gasteiger partial charge < -0.3 is 24.6 Å². The normalized spacial score (nSPS) is 10.5. The first kappa shape index (κ1) is 21.6. The lowest BCUT2D eigenvalue weighted by atomic mass is 10.1. The van der Waals surface area contributed by atoms with Crippen LogP contribution in [0.4, 0.5) is 5.69 Å². The molecule has 0 saturated heterocycles. The molecule has 31 heavy (non-hydrogen) atoms. The molecule has 3 rings (SSSR count). The Balaban J connectivity index is 1.93. The summed E-state index contributed by atoms with van der Waals surface area (Å²) in [6.07, 6.45) is -0.380. The fourth-order valence-electron chi connectivity index (χ4n) is 3.18. The molecule has 10 nitrogen and oxygen atoms in total. The second-order valence-electron chi connectivity index (χ2n) is 6.49. The van der Waals surface area contributed by atoms with Crippen molar-refractivity contribution in [3.63, 3.8) is 0 Å². The summed E-state index contributed by atoms with van der Waals surface area (Å²) in [6, 6.07) is 9.64. The highest BCUT2D eigenvalue weighted by Crippen LogP contribution is 2.39. The number of methoxy groups -OCH3 is 3. The van der Waals surface area contributed by atoms with Crippen molar-refractivity contribution in [3.8, 4) is 17.2 Å². The number of hydrogen-bond acceptors (Lipinski definition) is 7. The molecule has 0 atom stereocenters. The number of hydrogen-bond donors (Lipinski definition) is 2. The Hall–Kier alpha value is -4.08. The van der Waals surface area contributed by atoms with Gasteiger partial charge in [0.05, 0.1) is 38.8 Å². The van der Waals surface area contributed by atoms with Crippen molar-refractivity contribution in [2.75, 3.05) is 26.6 Å². The lowest BCUT2D eigenvalue weighted by Crippen LogP contribution is -2.31. The number of benzene rings is 2. The first-order chi connectivity index (χ1) is 14.9. The van der Waals surface area contributed by atoms with Crippen LogP contribution in [0.5, 0.6) is 17.2 Å². The Morgan fingerprint density at radius 1 is 1.03 bits per heavy atom. The number of anilines is 1. The maximum absolute atomic E-state index is 12.8. The van der Waals surface area contributed by atoms with Crippen LogP contribution in [0.2, 0.25) is 0 Å². The Labute approximate surface area is 177 Å². The van der Waals surface area contributed by atoms with E-state index in [-0.39, 0.29) is 17.5 Å². The summed E-state index contributed by atoms with van der Waals surface area (Å²) in [7, 11) is 4.36. The largest absolute Gasteiger partial charge is 0.493 e. The maximum atomic E-state index is 12.8. The number of carbonyl (C=O) groups excluding carboxylic acids is 1. The third kappa shape index (κ3) is 4.58. The van der Waals surface area contributed by atoms with Gasteiger partial charge in [-0.25, -0.2) is 4.68 Å². The van der Waals surface area contributed by atoms with Gasteiger partial charge in [0.25, 0.3) is 5.56 Å². The average Bonchev–Trinajstić information content (AvgIpc) is 2.75. The summed E-state index contributed by atoms with van der Waals surface area (Å²) in [4.78, 5) is 36.6. The van der Waals surface area contributed by atoms with E-state index in [1.54, 1.807) is 36.4 Å². The van der Waals surface area contributed by atoms with Crippen LogP contribution in [0.25, 0.3) is 10.8 Å². The monoisotopic (exact) mass is 427 g/mol. The number of carboxylic acid groups (broad SMARTS) is 1. The molecule has 0 fully saturated rings. The highest BCUT2D eigenvalue weighted by Gasteiger charge is 2.17. The second kappa shape index (κ2) is 9.16. The van der Waals surface area contributed by atoms with Gasteiger partial charge >= 0.3 is 5.97 Å². The topological polar surface area (TPSA) is 129 Å². The van der Waals surface area contributed by atoms with Gasteiger partial charge in [-0.15, -0.1) is 0 Å². The van der Waals surface area contributed by atoms with Crippen molar-refractivity contribution < 1.29 is 28.9 Å². The summed E-state index contributed by atoms with van der Waals surface area (Å²) >= 11 is 0. The number of rotatable bonds is 8. The van der Waals surface area contributed by atoms with Crippen LogP contribution in [0.1, 0.15) is 5.69 Å². The molecule has 0 spiro atoms. The SMILES string of the molecule is COc1cc(NC(=O)Cn2nc(CC(=O)O)c3ccccc3c2=O)cc(OC)c1OC. The first-order valence-electron chi connectivity index (χ1n) is 9.18. The fraction of sp³-hybridized carbons (Fsp3) is 0.238. The van der Waals surface area contributed by atoms with Crippen LogP contribution in [0.3, 0.4) is 0 Å². The van der Waals surface area contributed by atoms with Crippen LogP contribution in [-0.4, -0.2) is 48.1 Å². The van der Waals surface area contributed by atoms with Crippen molar-refractivity contribution in [1.82, 2.24) is 9.78 Å². The molecule has 2 N–H and O–H groups in total. The molecule has 10 heteroatoms. The molecule has 0 radical (unpaired) electrons. The van der Waals surface area contributed by atoms with Crippen molar-refractivity contribution in [1.29, 1.82) is 0 Å². The maximum Gasteiger partial charge on any atom is 0.309 e. The van der Waals surface area contributed by atoms with Crippen molar-refractivity contribution in [2.45, 2.75) is 13.0 Å². The highest BCUT2D eigenvalue weighted by atomic mass is 16.5. The summed E-state index contributed by atoms with van der Waals surface area (Å²) in [5, 5.41) is 16.7. The van der Waals surface area contributed by atoms with Gasteiger partial charge in [-0.05, 0) is 6.07 Å².